The lowest BCUT2D eigenvalue weighted by Crippen LogP contribution is -2.23. The number of aryl methyl sites for hydroxylation is 1. The quantitative estimate of drug-likeness (QED) is 0.863. The summed E-state index contributed by atoms with van der Waals surface area (Å²) in [7, 11) is 2.06. The Morgan fingerprint density at radius 2 is 2.18 bits per heavy atom. The van der Waals surface area contributed by atoms with Crippen LogP contribution in [0.3, 0.4) is 0 Å². The van der Waals surface area contributed by atoms with Gasteiger partial charge in [-0.25, -0.2) is 0 Å². The average Bonchev–Trinajstić information content (AvgIpc) is 3.12. The zero-order valence-electron chi connectivity index (χ0n) is 13.0. The molecule has 0 spiro atoms. The van der Waals surface area contributed by atoms with Gasteiger partial charge < -0.3 is 9.47 Å². The van der Waals surface area contributed by atoms with Gasteiger partial charge in [0.2, 0.25) is 0 Å². The Balaban J connectivity index is 1.57. The molecule has 1 aliphatic heterocycles. The molecule has 0 aromatic carbocycles. The van der Waals surface area contributed by atoms with E-state index in [0.717, 1.165) is 19.0 Å². The molecular formula is C18H22N4. The van der Waals surface area contributed by atoms with E-state index in [0.29, 0.717) is 0 Å². The second kappa shape index (κ2) is 5.52. The molecule has 4 rings (SSSR count). The summed E-state index contributed by atoms with van der Waals surface area (Å²) >= 11 is 0. The molecule has 0 N–H and O–H groups in total. The van der Waals surface area contributed by atoms with Gasteiger partial charge in [0, 0.05) is 44.3 Å². The smallest absolute Gasteiger partial charge is 0.0800 e. The van der Waals surface area contributed by atoms with Crippen molar-refractivity contribution < 1.29 is 0 Å². The van der Waals surface area contributed by atoms with Crippen LogP contribution in [0.4, 0.5) is 5.69 Å². The van der Waals surface area contributed by atoms with Crippen molar-refractivity contribution >= 4 is 11.4 Å². The monoisotopic (exact) mass is 294 g/mol. The van der Waals surface area contributed by atoms with E-state index >= 15 is 0 Å². The van der Waals surface area contributed by atoms with Crippen molar-refractivity contribution in [2.24, 2.45) is 13.0 Å². The van der Waals surface area contributed by atoms with Gasteiger partial charge >= 0.3 is 0 Å². The second-order valence-corrected chi connectivity index (χ2v) is 6.37. The largest absolute Gasteiger partial charge is 0.357 e. The van der Waals surface area contributed by atoms with Crippen LogP contribution in [0.1, 0.15) is 24.8 Å². The van der Waals surface area contributed by atoms with Gasteiger partial charge in [-0.2, -0.15) is 5.10 Å². The predicted octanol–water partition coefficient (Wildman–Crippen LogP) is 3.44. The van der Waals surface area contributed by atoms with Crippen molar-refractivity contribution in [1.82, 2.24) is 14.3 Å². The summed E-state index contributed by atoms with van der Waals surface area (Å²) < 4.78 is 4.20. The first-order chi connectivity index (χ1) is 10.8. The Bertz CT molecular complexity index is 715. The Morgan fingerprint density at radius 1 is 1.27 bits per heavy atom. The minimum Gasteiger partial charge on any atom is -0.357 e. The van der Waals surface area contributed by atoms with Crippen LogP contribution in [-0.4, -0.2) is 20.9 Å². The van der Waals surface area contributed by atoms with Gasteiger partial charge in [-0.1, -0.05) is 18.6 Å². The Morgan fingerprint density at radius 3 is 2.91 bits per heavy atom. The normalized spacial score (nSPS) is 18.4. The lowest BCUT2D eigenvalue weighted by Gasteiger charge is -2.27. The van der Waals surface area contributed by atoms with Crippen LogP contribution in [0, 0.1) is 5.92 Å². The molecule has 2 aliphatic rings. The molecule has 0 atom stereocenters. The minimum absolute atomic E-state index is 0.832. The third-order valence-electron chi connectivity index (χ3n) is 4.70. The first-order valence-corrected chi connectivity index (χ1v) is 8.09. The van der Waals surface area contributed by atoms with Crippen molar-refractivity contribution in [1.29, 1.82) is 0 Å². The van der Waals surface area contributed by atoms with E-state index in [-0.39, 0.29) is 0 Å². The Kier molecular flexibility index (Phi) is 3.37. The van der Waals surface area contributed by atoms with E-state index in [9.17, 15) is 0 Å². The number of nitrogens with zero attached hydrogens (tertiary/aromatic N) is 4. The molecule has 0 bridgehead atoms. The maximum absolute atomic E-state index is 4.57. The van der Waals surface area contributed by atoms with E-state index in [1.54, 1.807) is 0 Å². The summed E-state index contributed by atoms with van der Waals surface area (Å²) in [5.41, 5.74) is 3.67. The zero-order valence-corrected chi connectivity index (χ0v) is 13.0. The van der Waals surface area contributed by atoms with Gasteiger partial charge in [-0.3, -0.25) is 4.68 Å². The standard InChI is InChI=1S/C18H22N4/c1-20-10-8-16(13-20)18-7-2-3-9-22(18)17-11-19-21(14-17)12-15-5-4-6-15/h2-3,7-8,10-11,13-15H,4-6,9,12H2,1H3. The highest BCUT2D eigenvalue weighted by atomic mass is 15.3. The topological polar surface area (TPSA) is 26.0 Å². The van der Waals surface area contributed by atoms with Gasteiger partial charge in [0.15, 0.2) is 0 Å². The molecule has 0 amide bonds. The van der Waals surface area contributed by atoms with Crippen LogP contribution < -0.4 is 4.90 Å². The van der Waals surface area contributed by atoms with E-state index < -0.39 is 0 Å². The SMILES string of the molecule is Cn1ccc(C2=CC=CCN2c2cnn(CC3CCC3)c2)c1. The highest BCUT2D eigenvalue weighted by Gasteiger charge is 2.20. The molecule has 1 fully saturated rings. The van der Waals surface area contributed by atoms with Crippen molar-refractivity contribution in [3.05, 3.63) is 54.6 Å². The fourth-order valence-electron chi connectivity index (χ4n) is 3.20. The molecular weight excluding hydrogens is 272 g/mol. The third-order valence-corrected chi connectivity index (χ3v) is 4.70. The van der Waals surface area contributed by atoms with E-state index in [4.69, 9.17) is 0 Å². The number of hydrogen-bond acceptors (Lipinski definition) is 2. The molecule has 22 heavy (non-hydrogen) atoms. The maximum atomic E-state index is 4.57. The number of hydrogen-bond donors (Lipinski definition) is 0. The zero-order chi connectivity index (χ0) is 14.9. The summed E-state index contributed by atoms with van der Waals surface area (Å²) in [4.78, 5) is 2.33. The molecule has 114 valence electrons. The van der Waals surface area contributed by atoms with Crippen molar-refractivity contribution in [3.8, 4) is 0 Å². The molecule has 0 saturated heterocycles. The van der Waals surface area contributed by atoms with Crippen molar-refractivity contribution in [3.63, 3.8) is 0 Å². The highest BCUT2D eigenvalue weighted by Crippen LogP contribution is 2.30. The summed E-state index contributed by atoms with van der Waals surface area (Å²) in [6.45, 7) is 1.96. The molecule has 2 aromatic rings. The van der Waals surface area contributed by atoms with Crippen LogP contribution in [0.5, 0.6) is 0 Å². The number of allylic oxidation sites excluding steroid dienone is 2. The fourth-order valence-corrected chi connectivity index (χ4v) is 3.20. The lowest BCUT2D eigenvalue weighted by atomic mass is 9.85. The van der Waals surface area contributed by atoms with E-state index in [1.165, 1.54) is 36.2 Å². The number of anilines is 1. The molecule has 4 nitrogen and oxygen atoms in total. The summed E-state index contributed by atoms with van der Waals surface area (Å²) in [6, 6.07) is 2.16. The second-order valence-electron chi connectivity index (χ2n) is 6.37. The van der Waals surface area contributed by atoms with Gasteiger partial charge in [0.05, 0.1) is 17.6 Å². The van der Waals surface area contributed by atoms with Crippen molar-refractivity contribution in [2.75, 3.05) is 11.4 Å². The molecule has 1 aliphatic carbocycles. The molecule has 2 aromatic heterocycles. The number of aromatic nitrogens is 3. The van der Waals surface area contributed by atoms with Crippen LogP contribution >= 0.6 is 0 Å². The van der Waals surface area contributed by atoms with Gasteiger partial charge in [-0.05, 0) is 30.9 Å². The molecule has 1 saturated carbocycles. The number of rotatable bonds is 4. The Hall–Kier alpha value is -2.23. The maximum Gasteiger partial charge on any atom is 0.0800 e. The first-order valence-electron chi connectivity index (χ1n) is 8.09. The minimum atomic E-state index is 0.832. The van der Waals surface area contributed by atoms with Gasteiger partial charge in [0.1, 0.15) is 0 Å². The lowest BCUT2D eigenvalue weighted by molar-refractivity contribution is 0.266. The van der Waals surface area contributed by atoms with Crippen molar-refractivity contribution in [2.45, 2.75) is 25.8 Å². The Labute approximate surface area is 131 Å². The van der Waals surface area contributed by atoms with Crippen LogP contribution in [0.2, 0.25) is 0 Å². The van der Waals surface area contributed by atoms with E-state index in [2.05, 4.69) is 69.2 Å². The summed E-state index contributed by atoms with van der Waals surface area (Å²) in [5, 5.41) is 4.57. The highest BCUT2D eigenvalue weighted by molar-refractivity contribution is 5.81. The van der Waals surface area contributed by atoms with Crippen LogP contribution in [-0.2, 0) is 13.6 Å². The van der Waals surface area contributed by atoms with Gasteiger partial charge in [-0.15, -0.1) is 0 Å². The van der Waals surface area contributed by atoms with Crippen LogP contribution in [0.25, 0.3) is 5.70 Å². The molecule has 0 unspecified atom stereocenters. The average molecular weight is 294 g/mol. The molecule has 4 heteroatoms. The third kappa shape index (κ3) is 2.49. The van der Waals surface area contributed by atoms with Gasteiger partial charge in [0.25, 0.3) is 0 Å². The predicted molar refractivity (Wildman–Crippen MR) is 89.4 cm³/mol. The first kappa shape index (κ1) is 13.4. The summed E-state index contributed by atoms with van der Waals surface area (Å²) in [6.07, 6.45) is 19.0. The fraction of sp³-hybridized carbons (Fsp3) is 0.389. The summed E-state index contributed by atoms with van der Waals surface area (Å²) in [5.74, 6) is 0.832. The van der Waals surface area contributed by atoms with Crippen LogP contribution in [0.15, 0.2) is 49.1 Å². The van der Waals surface area contributed by atoms with E-state index in [1.807, 2.05) is 6.20 Å². The molecule has 3 heterocycles. The molecule has 0 radical (unpaired) electrons.